The first-order valence-corrected chi connectivity index (χ1v) is 11.3. The van der Waals surface area contributed by atoms with Crippen molar-refractivity contribution in [3.8, 4) is 33.8 Å². The summed E-state index contributed by atoms with van der Waals surface area (Å²) in [5.41, 5.74) is 7.68. The largest absolute Gasteiger partial charge is 0.421 e. The summed E-state index contributed by atoms with van der Waals surface area (Å²) in [6.45, 7) is 3.84. The number of hydrogen-bond acceptors (Lipinski definition) is 5. The second-order valence-electron chi connectivity index (χ2n) is 8.53. The van der Waals surface area contributed by atoms with E-state index in [-0.39, 0.29) is 12.3 Å². The number of hydrogen-bond donors (Lipinski definition) is 1. The van der Waals surface area contributed by atoms with E-state index in [2.05, 4.69) is 33.6 Å². The predicted molar refractivity (Wildman–Crippen MR) is 136 cm³/mol. The summed E-state index contributed by atoms with van der Waals surface area (Å²) < 4.78 is 7.33. The van der Waals surface area contributed by atoms with Crippen molar-refractivity contribution in [2.45, 2.75) is 20.3 Å². The van der Waals surface area contributed by atoms with Gasteiger partial charge in [-0.3, -0.25) is 9.48 Å². The highest BCUT2D eigenvalue weighted by Gasteiger charge is 2.11. The zero-order valence-electron chi connectivity index (χ0n) is 19.8. The van der Waals surface area contributed by atoms with Crippen molar-refractivity contribution in [1.29, 1.82) is 0 Å². The van der Waals surface area contributed by atoms with Gasteiger partial charge in [-0.2, -0.15) is 5.10 Å². The summed E-state index contributed by atoms with van der Waals surface area (Å²) in [4.78, 5) is 12.7. The van der Waals surface area contributed by atoms with Gasteiger partial charge >= 0.3 is 0 Å². The van der Waals surface area contributed by atoms with Crippen LogP contribution < -0.4 is 5.32 Å². The van der Waals surface area contributed by atoms with Gasteiger partial charge in [-0.05, 0) is 59.5 Å². The fourth-order valence-electron chi connectivity index (χ4n) is 4.00. The van der Waals surface area contributed by atoms with Crippen molar-refractivity contribution < 1.29 is 9.21 Å². The highest BCUT2D eigenvalue weighted by atomic mass is 16.4. The van der Waals surface area contributed by atoms with Crippen molar-refractivity contribution >= 4 is 11.6 Å². The maximum absolute atomic E-state index is 12.7. The Kier molecular flexibility index (Phi) is 5.97. The molecule has 7 heteroatoms. The fourth-order valence-corrected chi connectivity index (χ4v) is 4.00. The molecule has 0 spiro atoms. The highest BCUT2D eigenvalue weighted by Crippen LogP contribution is 2.29. The number of nitrogens with zero attached hydrogens (tertiary/aromatic N) is 4. The molecule has 0 atom stereocenters. The fraction of sp³-hybridized carbons (Fsp3) is 0.143. The Morgan fingerprint density at radius 1 is 0.914 bits per heavy atom. The molecule has 3 aromatic carbocycles. The van der Waals surface area contributed by atoms with E-state index in [4.69, 9.17) is 4.42 Å². The zero-order valence-corrected chi connectivity index (χ0v) is 19.8. The van der Waals surface area contributed by atoms with Crippen LogP contribution in [-0.4, -0.2) is 25.9 Å². The van der Waals surface area contributed by atoms with Crippen molar-refractivity contribution in [2.24, 2.45) is 7.05 Å². The van der Waals surface area contributed by atoms with Crippen LogP contribution >= 0.6 is 0 Å². The molecule has 0 aliphatic heterocycles. The van der Waals surface area contributed by atoms with Crippen LogP contribution in [0.25, 0.3) is 33.8 Å². The first-order chi connectivity index (χ1) is 16.9. The van der Waals surface area contributed by atoms with Gasteiger partial charge in [0.25, 0.3) is 0 Å². The summed E-state index contributed by atoms with van der Waals surface area (Å²) in [5, 5.41) is 15.5. The van der Waals surface area contributed by atoms with Gasteiger partial charge in [0.15, 0.2) is 0 Å². The Morgan fingerprint density at radius 3 is 2.43 bits per heavy atom. The van der Waals surface area contributed by atoms with Gasteiger partial charge in [-0.15, -0.1) is 10.2 Å². The summed E-state index contributed by atoms with van der Waals surface area (Å²) >= 11 is 0. The first kappa shape index (κ1) is 22.3. The van der Waals surface area contributed by atoms with Crippen LogP contribution in [0.1, 0.15) is 17.0 Å². The molecule has 7 nitrogen and oxygen atoms in total. The quantitative estimate of drug-likeness (QED) is 0.354. The molecular weight excluding hydrogens is 438 g/mol. The molecule has 174 valence electrons. The average Bonchev–Trinajstić information content (AvgIpc) is 3.48. The van der Waals surface area contributed by atoms with E-state index in [9.17, 15) is 4.79 Å². The molecule has 1 N–H and O–H groups in total. The van der Waals surface area contributed by atoms with Crippen LogP contribution in [0.4, 0.5) is 5.69 Å². The molecule has 0 saturated carbocycles. The molecule has 0 bridgehead atoms. The van der Waals surface area contributed by atoms with Gasteiger partial charge < -0.3 is 9.73 Å². The van der Waals surface area contributed by atoms with Crippen molar-refractivity contribution in [3.05, 3.63) is 96.0 Å². The van der Waals surface area contributed by atoms with Crippen LogP contribution in [-0.2, 0) is 18.3 Å². The van der Waals surface area contributed by atoms with E-state index in [1.807, 2.05) is 80.0 Å². The SMILES string of the molecule is Cc1nnc(-c2ccc(C)c(-c3ccc(CC(=O)Nc4cccc(-c5ccn(C)n5)c4)cc3)c2)o1. The minimum atomic E-state index is -0.0686. The predicted octanol–water partition coefficient (Wildman–Crippen LogP) is 5.60. The van der Waals surface area contributed by atoms with Crippen LogP contribution in [0.5, 0.6) is 0 Å². The summed E-state index contributed by atoms with van der Waals surface area (Å²) in [6.07, 6.45) is 2.18. The standard InChI is InChI=1S/C28H25N5O2/c1-18-7-10-23(28-31-30-19(2)35-28)17-25(18)21-11-8-20(9-12-21)15-27(34)29-24-6-4-5-22(16-24)26-13-14-33(3)32-26/h4-14,16-17H,15H2,1-3H3,(H,29,34). The molecule has 0 unspecified atom stereocenters. The van der Waals surface area contributed by atoms with Gasteiger partial charge in [-0.25, -0.2) is 0 Å². The molecule has 0 saturated heterocycles. The summed E-state index contributed by atoms with van der Waals surface area (Å²) in [5.74, 6) is 0.971. The molecule has 5 rings (SSSR count). The van der Waals surface area contributed by atoms with E-state index >= 15 is 0 Å². The molecule has 1 amide bonds. The van der Waals surface area contributed by atoms with Crippen molar-refractivity contribution in [2.75, 3.05) is 5.32 Å². The van der Waals surface area contributed by atoms with E-state index in [0.717, 1.165) is 44.8 Å². The van der Waals surface area contributed by atoms with Gasteiger partial charge in [0.2, 0.25) is 17.7 Å². The molecule has 5 aromatic rings. The van der Waals surface area contributed by atoms with Gasteiger partial charge in [0.1, 0.15) is 0 Å². The van der Waals surface area contributed by atoms with Gasteiger partial charge in [0.05, 0.1) is 12.1 Å². The number of aryl methyl sites for hydroxylation is 3. The monoisotopic (exact) mass is 463 g/mol. The molecule has 2 heterocycles. The van der Waals surface area contributed by atoms with E-state index in [1.54, 1.807) is 11.6 Å². The average molecular weight is 464 g/mol. The summed E-state index contributed by atoms with van der Waals surface area (Å²) in [6, 6.07) is 23.8. The maximum Gasteiger partial charge on any atom is 0.247 e. The van der Waals surface area contributed by atoms with Crippen LogP contribution in [0, 0.1) is 13.8 Å². The lowest BCUT2D eigenvalue weighted by Crippen LogP contribution is -2.14. The third-order valence-electron chi connectivity index (χ3n) is 5.80. The zero-order chi connectivity index (χ0) is 24.4. The van der Waals surface area contributed by atoms with E-state index in [1.165, 1.54) is 0 Å². The highest BCUT2D eigenvalue weighted by molar-refractivity contribution is 5.93. The van der Waals surface area contributed by atoms with Crippen molar-refractivity contribution in [1.82, 2.24) is 20.0 Å². The lowest BCUT2D eigenvalue weighted by molar-refractivity contribution is -0.115. The minimum Gasteiger partial charge on any atom is -0.421 e. The molecule has 0 radical (unpaired) electrons. The topological polar surface area (TPSA) is 85.8 Å². The van der Waals surface area contributed by atoms with Crippen LogP contribution in [0.3, 0.4) is 0 Å². The Balaban J connectivity index is 1.28. The molecule has 0 fully saturated rings. The maximum atomic E-state index is 12.7. The smallest absolute Gasteiger partial charge is 0.247 e. The first-order valence-electron chi connectivity index (χ1n) is 11.3. The second-order valence-corrected chi connectivity index (χ2v) is 8.53. The number of carbonyl (C=O) groups is 1. The van der Waals surface area contributed by atoms with Gasteiger partial charge in [0, 0.05) is 37.0 Å². The lowest BCUT2D eigenvalue weighted by atomic mass is 9.96. The number of nitrogens with one attached hydrogen (secondary N) is 1. The molecular formula is C28H25N5O2. The molecule has 35 heavy (non-hydrogen) atoms. The number of amides is 1. The van der Waals surface area contributed by atoms with E-state index < -0.39 is 0 Å². The number of rotatable bonds is 6. The lowest BCUT2D eigenvalue weighted by Gasteiger charge is -2.10. The van der Waals surface area contributed by atoms with Crippen molar-refractivity contribution in [3.63, 3.8) is 0 Å². The second kappa shape index (κ2) is 9.38. The molecule has 0 aliphatic rings. The number of aromatic nitrogens is 4. The number of carbonyl (C=O) groups excluding carboxylic acids is 1. The normalized spacial score (nSPS) is 10.9. The van der Waals surface area contributed by atoms with E-state index in [0.29, 0.717) is 11.8 Å². The summed E-state index contributed by atoms with van der Waals surface area (Å²) in [7, 11) is 1.88. The Hall–Kier alpha value is -4.52. The molecule has 2 aromatic heterocycles. The third kappa shape index (κ3) is 5.04. The Labute approximate surface area is 203 Å². The number of benzene rings is 3. The van der Waals surface area contributed by atoms with Crippen LogP contribution in [0.2, 0.25) is 0 Å². The minimum absolute atomic E-state index is 0.0686. The van der Waals surface area contributed by atoms with Crippen LogP contribution in [0.15, 0.2) is 83.4 Å². The molecule has 0 aliphatic carbocycles. The Bertz CT molecular complexity index is 1500. The number of anilines is 1. The van der Waals surface area contributed by atoms with Gasteiger partial charge in [-0.1, -0.05) is 42.5 Å². The Morgan fingerprint density at radius 2 is 1.71 bits per heavy atom. The third-order valence-corrected chi connectivity index (χ3v) is 5.80.